The van der Waals surface area contributed by atoms with Crippen molar-refractivity contribution in [2.45, 2.75) is 25.4 Å². The second-order valence-corrected chi connectivity index (χ2v) is 5.54. The van der Waals surface area contributed by atoms with Crippen LogP contribution in [0.4, 0.5) is 0 Å². The molecular formula is C15H20ClN5O2. The van der Waals surface area contributed by atoms with Crippen LogP contribution >= 0.6 is 12.4 Å². The number of hydrogen-bond donors (Lipinski definition) is 1. The van der Waals surface area contributed by atoms with Gasteiger partial charge in [0.15, 0.2) is 0 Å². The fourth-order valence-corrected chi connectivity index (χ4v) is 2.72. The summed E-state index contributed by atoms with van der Waals surface area (Å²) in [7, 11) is 1.81. The molecule has 2 aromatic rings. The lowest BCUT2D eigenvalue weighted by atomic mass is 10.2. The predicted octanol–water partition coefficient (Wildman–Crippen LogP) is 0.424. The Balaban J connectivity index is 0.00000192. The van der Waals surface area contributed by atoms with E-state index in [0.29, 0.717) is 10.9 Å². The molecule has 1 fully saturated rings. The Kier molecular flexibility index (Phi) is 5.68. The van der Waals surface area contributed by atoms with Gasteiger partial charge in [0.2, 0.25) is 5.91 Å². The first-order valence-electron chi connectivity index (χ1n) is 7.46. The summed E-state index contributed by atoms with van der Waals surface area (Å²) >= 11 is 0. The van der Waals surface area contributed by atoms with Crippen molar-refractivity contribution in [3.8, 4) is 0 Å². The van der Waals surface area contributed by atoms with E-state index in [1.54, 1.807) is 23.1 Å². The average molecular weight is 338 g/mol. The number of likely N-dealkylation sites (N-methyl/N-ethyl adjacent to an activating group) is 1. The minimum Gasteiger partial charge on any atom is -0.341 e. The lowest BCUT2D eigenvalue weighted by molar-refractivity contribution is -0.131. The van der Waals surface area contributed by atoms with Gasteiger partial charge >= 0.3 is 0 Å². The van der Waals surface area contributed by atoms with Gasteiger partial charge in [0.05, 0.1) is 11.9 Å². The fraction of sp³-hybridized carbons (Fsp3) is 0.467. The maximum atomic E-state index is 12.3. The van der Waals surface area contributed by atoms with Gasteiger partial charge in [0.1, 0.15) is 5.52 Å². The SMILES string of the molecule is CN(C(=O)CCn1nnc2ccccc2c1=O)C1CCNC1.Cl. The monoisotopic (exact) mass is 337 g/mol. The third kappa shape index (κ3) is 3.68. The molecule has 3 rings (SSSR count). The molecule has 1 saturated heterocycles. The third-order valence-corrected chi connectivity index (χ3v) is 4.14. The van der Waals surface area contributed by atoms with E-state index in [0.717, 1.165) is 19.5 Å². The van der Waals surface area contributed by atoms with E-state index < -0.39 is 0 Å². The van der Waals surface area contributed by atoms with Crippen molar-refractivity contribution in [2.24, 2.45) is 0 Å². The van der Waals surface area contributed by atoms with Crippen LogP contribution < -0.4 is 10.9 Å². The first kappa shape index (κ1) is 17.4. The van der Waals surface area contributed by atoms with E-state index in [9.17, 15) is 9.59 Å². The third-order valence-electron chi connectivity index (χ3n) is 4.14. The van der Waals surface area contributed by atoms with Crippen molar-refractivity contribution in [1.29, 1.82) is 0 Å². The molecule has 23 heavy (non-hydrogen) atoms. The lowest BCUT2D eigenvalue weighted by Gasteiger charge is -2.23. The summed E-state index contributed by atoms with van der Waals surface area (Å²) in [6.45, 7) is 2.02. The first-order valence-corrected chi connectivity index (χ1v) is 7.46. The zero-order valence-corrected chi connectivity index (χ0v) is 13.8. The van der Waals surface area contributed by atoms with E-state index >= 15 is 0 Å². The summed E-state index contributed by atoms with van der Waals surface area (Å²) in [6, 6.07) is 7.32. The predicted molar refractivity (Wildman–Crippen MR) is 89.7 cm³/mol. The zero-order valence-electron chi connectivity index (χ0n) is 12.9. The highest BCUT2D eigenvalue weighted by Gasteiger charge is 2.23. The first-order chi connectivity index (χ1) is 10.7. The minimum absolute atomic E-state index is 0. The number of benzene rings is 1. The summed E-state index contributed by atoms with van der Waals surface area (Å²) in [4.78, 5) is 26.3. The highest BCUT2D eigenvalue weighted by atomic mass is 35.5. The minimum atomic E-state index is -0.205. The Labute approximate surface area is 140 Å². The number of rotatable bonds is 4. The van der Waals surface area contributed by atoms with Crippen LogP contribution in [0.3, 0.4) is 0 Å². The Bertz CT molecular complexity index is 742. The lowest BCUT2D eigenvalue weighted by Crippen LogP contribution is -2.39. The van der Waals surface area contributed by atoms with Gasteiger partial charge in [-0.1, -0.05) is 17.3 Å². The molecule has 1 amide bonds. The van der Waals surface area contributed by atoms with Crippen molar-refractivity contribution < 1.29 is 4.79 Å². The van der Waals surface area contributed by atoms with Crippen molar-refractivity contribution in [2.75, 3.05) is 20.1 Å². The molecule has 1 aromatic heterocycles. The van der Waals surface area contributed by atoms with Crippen LogP contribution in [0.15, 0.2) is 29.1 Å². The second kappa shape index (κ2) is 7.52. The molecule has 1 unspecified atom stereocenters. The van der Waals surface area contributed by atoms with Crippen molar-refractivity contribution in [3.63, 3.8) is 0 Å². The van der Waals surface area contributed by atoms with E-state index in [1.807, 2.05) is 13.1 Å². The molecule has 0 radical (unpaired) electrons. The number of amides is 1. The summed E-state index contributed by atoms with van der Waals surface area (Å²) in [5, 5.41) is 11.7. The Hall–Kier alpha value is -1.99. The number of halogens is 1. The van der Waals surface area contributed by atoms with Gasteiger partial charge in [0.25, 0.3) is 5.56 Å². The molecule has 0 bridgehead atoms. The van der Waals surface area contributed by atoms with Crippen molar-refractivity contribution in [1.82, 2.24) is 25.2 Å². The topological polar surface area (TPSA) is 80.1 Å². The van der Waals surface area contributed by atoms with Gasteiger partial charge in [-0.2, -0.15) is 0 Å². The molecule has 124 valence electrons. The van der Waals surface area contributed by atoms with Gasteiger partial charge < -0.3 is 10.2 Å². The molecule has 8 heteroatoms. The van der Waals surface area contributed by atoms with Gasteiger partial charge in [0, 0.05) is 26.1 Å². The summed E-state index contributed by atoms with van der Waals surface area (Å²) in [5.74, 6) is 0.0237. The number of aryl methyl sites for hydroxylation is 1. The number of nitrogens with zero attached hydrogens (tertiary/aromatic N) is 4. The smallest absolute Gasteiger partial charge is 0.277 e. The fourth-order valence-electron chi connectivity index (χ4n) is 2.72. The van der Waals surface area contributed by atoms with E-state index in [1.165, 1.54) is 4.68 Å². The molecule has 0 saturated carbocycles. The quantitative estimate of drug-likeness (QED) is 0.874. The number of fused-ring (bicyclic) bond motifs is 1. The number of hydrogen-bond acceptors (Lipinski definition) is 5. The van der Waals surface area contributed by atoms with Gasteiger partial charge in [-0.05, 0) is 25.1 Å². The van der Waals surface area contributed by atoms with Crippen LogP contribution in [0.1, 0.15) is 12.8 Å². The molecule has 1 atom stereocenters. The standard InChI is InChI=1S/C15H19N5O2.ClH/c1-19(11-6-8-16-10-11)14(21)7-9-20-15(22)12-4-2-3-5-13(12)17-18-20;/h2-5,11,16H,6-10H2,1H3;1H. The molecule has 0 aliphatic carbocycles. The van der Waals surface area contributed by atoms with Crippen LogP contribution in [-0.4, -0.2) is 52.0 Å². The van der Waals surface area contributed by atoms with Crippen LogP contribution in [0.25, 0.3) is 10.9 Å². The Morgan fingerprint density at radius 2 is 2.22 bits per heavy atom. The van der Waals surface area contributed by atoms with E-state index in [4.69, 9.17) is 0 Å². The molecule has 1 N–H and O–H groups in total. The van der Waals surface area contributed by atoms with Crippen LogP contribution in [0.5, 0.6) is 0 Å². The molecule has 1 aliphatic rings. The molecule has 0 spiro atoms. The second-order valence-electron chi connectivity index (χ2n) is 5.54. The van der Waals surface area contributed by atoms with E-state index in [-0.39, 0.29) is 42.9 Å². The van der Waals surface area contributed by atoms with Crippen LogP contribution in [0.2, 0.25) is 0 Å². The summed E-state index contributed by atoms with van der Waals surface area (Å²) in [5.41, 5.74) is 0.368. The Morgan fingerprint density at radius 3 is 2.96 bits per heavy atom. The van der Waals surface area contributed by atoms with Gasteiger partial charge in [-0.15, -0.1) is 17.5 Å². The highest BCUT2D eigenvalue weighted by Crippen LogP contribution is 2.08. The largest absolute Gasteiger partial charge is 0.341 e. The van der Waals surface area contributed by atoms with Crippen LogP contribution in [0, 0.1) is 0 Å². The summed E-state index contributed by atoms with van der Waals surface area (Å²) < 4.78 is 1.26. The molecular weight excluding hydrogens is 318 g/mol. The highest BCUT2D eigenvalue weighted by molar-refractivity contribution is 5.85. The number of carbonyl (C=O) groups is 1. The van der Waals surface area contributed by atoms with Crippen molar-refractivity contribution in [3.05, 3.63) is 34.6 Å². The van der Waals surface area contributed by atoms with E-state index in [2.05, 4.69) is 15.6 Å². The molecule has 1 aromatic carbocycles. The normalized spacial score (nSPS) is 17.0. The molecule has 7 nitrogen and oxygen atoms in total. The number of aromatic nitrogens is 3. The molecule has 1 aliphatic heterocycles. The number of nitrogens with one attached hydrogen (secondary N) is 1. The van der Waals surface area contributed by atoms with Gasteiger partial charge in [-0.3, -0.25) is 9.59 Å². The van der Waals surface area contributed by atoms with Crippen LogP contribution in [-0.2, 0) is 11.3 Å². The Morgan fingerprint density at radius 1 is 1.43 bits per heavy atom. The maximum absolute atomic E-state index is 12.3. The van der Waals surface area contributed by atoms with Gasteiger partial charge in [-0.25, -0.2) is 4.68 Å². The van der Waals surface area contributed by atoms with Crippen molar-refractivity contribution >= 4 is 29.2 Å². The number of carbonyl (C=O) groups excluding carboxylic acids is 1. The summed E-state index contributed by atoms with van der Waals surface area (Å²) in [6.07, 6.45) is 1.22. The molecule has 2 heterocycles. The average Bonchev–Trinajstić information content (AvgIpc) is 3.08. The maximum Gasteiger partial charge on any atom is 0.277 e. The zero-order chi connectivity index (χ0) is 15.5.